The topological polar surface area (TPSA) is 83.1 Å². The van der Waals surface area contributed by atoms with Gasteiger partial charge < -0.3 is 16.0 Å². The number of anilines is 1. The van der Waals surface area contributed by atoms with Crippen LogP contribution in [0.1, 0.15) is 35.2 Å². The van der Waals surface area contributed by atoms with Crippen LogP contribution >= 0.6 is 24.8 Å². The summed E-state index contributed by atoms with van der Waals surface area (Å²) in [5, 5.41) is 9.23. The van der Waals surface area contributed by atoms with Crippen molar-refractivity contribution in [2.45, 2.75) is 25.8 Å². The fraction of sp³-hybridized carbons (Fsp3) is 0.381. The largest absolute Gasteiger partial charge is 0.348 e. The zero-order chi connectivity index (χ0) is 18.7. The Labute approximate surface area is 183 Å². The Morgan fingerprint density at radius 3 is 2.59 bits per heavy atom. The maximum atomic E-state index is 12.7. The number of nitrogens with zero attached hydrogens (tertiary/aromatic N) is 1. The van der Waals surface area contributed by atoms with Gasteiger partial charge in [-0.1, -0.05) is 18.2 Å². The molecule has 1 aromatic heterocycles. The summed E-state index contributed by atoms with van der Waals surface area (Å²) in [6.07, 6.45) is 6.48. The van der Waals surface area contributed by atoms with Crippen molar-refractivity contribution < 1.29 is 9.59 Å². The minimum Gasteiger partial charge on any atom is -0.348 e. The Morgan fingerprint density at radius 2 is 1.86 bits per heavy atom. The van der Waals surface area contributed by atoms with E-state index in [0.717, 1.165) is 37.9 Å². The zero-order valence-electron chi connectivity index (χ0n) is 16.0. The van der Waals surface area contributed by atoms with E-state index in [-0.39, 0.29) is 48.0 Å². The van der Waals surface area contributed by atoms with E-state index in [2.05, 4.69) is 20.9 Å². The molecule has 1 aliphatic heterocycles. The maximum Gasteiger partial charge on any atom is 0.253 e. The molecule has 29 heavy (non-hydrogen) atoms. The van der Waals surface area contributed by atoms with Gasteiger partial charge in [0, 0.05) is 24.9 Å². The smallest absolute Gasteiger partial charge is 0.253 e. The van der Waals surface area contributed by atoms with Gasteiger partial charge in [0.1, 0.15) is 0 Å². The minimum absolute atomic E-state index is 0. The Kier molecular flexibility index (Phi) is 8.02. The number of carbonyl (C=O) groups is 2. The molecule has 2 fully saturated rings. The predicted octanol–water partition coefficient (Wildman–Crippen LogP) is 3.18. The Morgan fingerprint density at radius 1 is 1.10 bits per heavy atom. The van der Waals surface area contributed by atoms with E-state index in [4.69, 9.17) is 0 Å². The molecule has 1 atom stereocenters. The van der Waals surface area contributed by atoms with Gasteiger partial charge in [-0.25, -0.2) is 0 Å². The normalized spacial score (nSPS) is 18.7. The first-order chi connectivity index (χ1) is 13.2. The summed E-state index contributed by atoms with van der Waals surface area (Å²) in [6, 6.07) is 10.9. The predicted molar refractivity (Wildman–Crippen MR) is 118 cm³/mol. The average Bonchev–Trinajstić information content (AvgIpc) is 3.41. The number of hydrogen-bond donors (Lipinski definition) is 3. The van der Waals surface area contributed by atoms with Crippen LogP contribution in [0.5, 0.6) is 0 Å². The molecule has 8 heteroatoms. The highest BCUT2D eigenvalue weighted by Crippen LogP contribution is 2.58. The first-order valence-corrected chi connectivity index (χ1v) is 9.46. The van der Waals surface area contributed by atoms with E-state index in [1.165, 1.54) is 0 Å². The van der Waals surface area contributed by atoms with Crippen molar-refractivity contribution in [2.75, 3.05) is 18.4 Å². The fourth-order valence-electron chi connectivity index (χ4n) is 3.99. The number of amides is 2. The summed E-state index contributed by atoms with van der Waals surface area (Å²) < 4.78 is 0. The van der Waals surface area contributed by atoms with Crippen molar-refractivity contribution in [3.8, 4) is 0 Å². The van der Waals surface area contributed by atoms with Crippen LogP contribution in [-0.2, 0) is 11.3 Å². The molecule has 2 heterocycles. The number of nitrogens with one attached hydrogen (secondary N) is 3. The molecule has 1 spiro atoms. The van der Waals surface area contributed by atoms with E-state index < -0.39 is 0 Å². The third kappa shape index (κ3) is 5.26. The number of rotatable bonds is 5. The number of hydrogen-bond acceptors (Lipinski definition) is 4. The van der Waals surface area contributed by atoms with Gasteiger partial charge in [-0.2, -0.15) is 0 Å². The molecule has 156 valence electrons. The van der Waals surface area contributed by atoms with Gasteiger partial charge in [0.25, 0.3) is 5.91 Å². The van der Waals surface area contributed by atoms with Crippen molar-refractivity contribution in [1.82, 2.24) is 15.6 Å². The Bertz CT molecular complexity index is 842. The number of benzene rings is 1. The van der Waals surface area contributed by atoms with Crippen molar-refractivity contribution >= 4 is 42.3 Å². The van der Waals surface area contributed by atoms with Crippen LogP contribution in [0.15, 0.2) is 48.8 Å². The van der Waals surface area contributed by atoms with E-state index in [0.29, 0.717) is 17.8 Å². The highest BCUT2D eigenvalue weighted by atomic mass is 35.5. The molecule has 1 saturated carbocycles. The lowest BCUT2D eigenvalue weighted by Crippen LogP contribution is -2.32. The zero-order valence-corrected chi connectivity index (χ0v) is 17.7. The van der Waals surface area contributed by atoms with Crippen LogP contribution in [0.4, 0.5) is 5.69 Å². The first-order valence-electron chi connectivity index (χ1n) is 9.46. The number of halogens is 2. The van der Waals surface area contributed by atoms with Crippen LogP contribution in [-0.4, -0.2) is 29.9 Å². The highest BCUT2D eigenvalue weighted by molar-refractivity contribution is 6.04. The van der Waals surface area contributed by atoms with Gasteiger partial charge in [-0.3, -0.25) is 14.6 Å². The summed E-state index contributed by atoms with van der Waals surface area (Å²) in [6.45, 7) is 2.36. The van der Waals surface area contributed by atoms with Gasteiger partial charge in [0.05, 0.1) is 11.3 Å². The first kappa shape index (κ1) is 23.1. The summed E-state index contributed by atoms with van der Waals surface area (Å²) in [4.78, 5) is 29.4. The summed E-state index contributed by atoms with van der Waals surface area (Å²) in [7, 11) is 0. The van der Waals surface area contributed by atoms with Crippen molar-refractivity contribution in [2.24, 2.45) is 11.3 Å². The van der Waals surface area contributed by atoms with Crippen LogP contribution in [0.3, 0.4) is 0 Å². The number of carbonyl (C=O) groups excluding carboxylic acids is 2. The molecule has 0 radical (unpaired) electrons. The van der Waals surface area contributed by atoms with Crippen molar-refractivity contribution in [1.29, 1.82) is 0 Å². The number of aromatic nitrogens is 1. The third-order valence-corrected chi connectivity index (χ3v) is 5.71. The quantitative estimate of drug-likeness (QED) is 0.671. The summed E-state index contributed by atoms with van der Waals surface area (Å²) in [5.41, 5.74) is 2.16. The van der Waals surface area contributed by atoms with E-state index in [9.17, 15) is 9.59 Å². The fourth-order valence-corrected chi connectivity index (χ4v) is 3.99. The van der Waals surface area contributed by atoms with Gasteiger partial charge >= 0.3 is 0 Å². The lowest BCUT2D eigenvalue weighted by molar-refractivity contribution is -0.118. The van der Waals surface area contributed by atoms with Crippen molar-refractivity contribution in [3.05, 3.63) is 59.9 Å². The van der Waals surface area contributed by atoms with E-state index >= 15 is 0 Å². The standard InChI is InChI=1S/C21H24N4O2.2ClH/c26-19(24-14-15-4-3-9-23-13-15)16-5-1-2-6-18(16)25-20(27)17-12-21(17)7-10-22-11-8-21;;/h1-6,9,13,17,22H,7-8,10-12,14H2,(H,24,26)(H,25,27);2*1H. The minimum atomic E-state index is -0.206. The molecule has 1 saturated heterocycles. The van der Waals surface area contributed by atoms with E-state index in [1.54, 1.807) is 30.6 Å². The lowest BCUT2D eigenvalue weighted by atomic mass is 9.91. The molecule has 6 nitrogen and oxygen atoms in total. The molecule has 1 aromatic carbocycles. The number of piperidine rings is 1. The van der Waals surface area contributed by atoms with Crippen LogP contribution in [0, 0.1) is 11.3 Å². The molecule has 1 unspecified atom stereocenters. The monoisotopic (exact) mass is 436 g/mol. The molecular weight excluding hydrogens is 411 g/mol. The SMILES string of the molecule is Cl.Cl.O=C(NCc1cccnc1)c1ccccc1NC(=O)C1CC12CCNCC2. The van der Waals surface area contributed by atoms with Crippen molar-refractivity contribution in [3.63, 3.8) is 0 Å². The molecule has 4 rings (SSSR count). The second-order valence-electron chi connectivity index (χ2n) is 7.45. The molecular formula is C21H26Cl2N4O2. The molecule has 2 amide bonds. The Balaban J connectivity index is 0.00000150. The van der Waals surface area contributed by atoms with Gasteiger partial charge in [-0.05, 0) is 61.5 Å². The highest BCUT2D eigenvalue weighted by Gasteiger charge is 2.57. The van der Waals surface area contributed by atoms with Crippen LogP contribution in [0.2, 0.25) is 0 Å². The third-order valence-electron chi connectivity index (χ3n) is 5.71. The molecule has 1 aliphatic carbocycles. The number of para-hydroxylation sites is 1. The van der Waals surface area contributed by atoms with Crippen LogP contribution in [0.25, 0.3) is 0 Å². The summed E-state index contributed by atoms with van der Waals surface area (Å²) >= 11 is 0. The van der Waals surface area contributed by atoms with Gasteiger partial charge in [0.15, 0.2) is 0 Å². The van der Waals surface area contributed by atoms with Gasteiger partial charge in [-0.15, -0.1) is 24.8 Å². The summed E-state index contributed by atoms with van der Waals surface area (Å²) in [5.74, 6) is -0.113. The molecule has 2 aromatic rings. The molecule has 0 bridgehead atoms. The Hall–Kier alpha value is -2.15. The maximum absolute atomic E-state index is 12.7. The second-order valence-corrected chi connectivity index (χ2v) is 7.45. The lowest BCUT2D eigenvalue weighted by Gasteiger charge is -2.23. The molecule has 3 N–H and O–H groups in total. The van der Waals surface area contributed by atoms with E-state index in [1.807, 2.05) is 18.2 Å². The van der Waals surface area contributed by atoms with Gasteiger partial charge in [0.2, 0.25) is 5.91 Å². The average molecular weight is 437 g/mol. The molecule has 2 aliphatic rings. The second kappa shape index (κ2) is 10.1. The number of pyridine rings is 1. The van der Waals surface area contributed by atoms with Crippen LogP contribution < -0.4 is 16.0 Å².